The van der Waals surface area contributed by atoms with E-state index in [1.54, 1.807) is 0 Å². The van der Waals surface area contributed by atoms with E-state index in [4.69, 9.17) is 10.2 Å². The molecule has 0 saturated heterocycles. The van der Waals surface area contributed by atoms with Crippen LogP contribution in [0.3, 0.4) is 0 Å². The summed E-state index contributed by atoms with van der Waals surface area (Å²) >= 11 is 0. The maximum Gasteiger partial charge on any atom is 0.326 e. The lowest BCUT2D eigenvalue weighted by molar-refractivity contribution is -0.140. The van der Waals surface area contributed by atoms with Crippen LogP contribution in [-0.4, -0.2) is 68.8 Å². The summed E-state index contributed by atoms with van der Waals surface area (Å²) in [5, 5.41) is 33.5. The van der Waals surface area contributed by atoms with Gasteiger partial charge in [0.15, 0.2) is 0 Å². The highest BCUT2D eigenvalue weighted by molar-refractivity contribution is 5.93. The number of urea groups is 1. The largest absolute Gasteiger partial charge is 0.481 e. The lowest BCUT2D eigenvalue weighted by atomic mass is 10.1. The van der Waals surface area contributed by atoms with Crippen LogP contribution < -0.4 is 16.0 Å². The number of aromatic nitrogens is 1. The van der Waals surface area contributed by atoms with Crippen molar-refractivity contribution in [1.82, 2.24) is 20.9 Å². The van der Waals surface area contributed by atoms with Crippen LogP contribution in [0.4, 0.5) is 9.18 Å². The average Bonchev–Trinajstić information content (AvgIpc) is 2.69. The number of carbonyl (C=O) groups is 5. The van der Waals surface area contributed by atoms with E-state index in [9.17, 15) is 33.5 Å². The average molecular weight is 442 g/mol. The van der Waals surface area contributed by atoms with Gasteiger partial charge >= 0.3 is 23.9 Å². The molecule has 0 aliphatic rings. The summed E-state index contributed by atoms with van der Waals surface area (Å²) in [6, 6.07) is -1.55. The first-order valence-electron chi connectivity index (χ1n) is 9.24. The number of aliphatic carboxylic acids is 3. The third kappa shape index (κ3) is 10.0. The first kappa shape index (κ1) is 25.3. The third-order valence-corrected chi connectivity index (χ3v) is 4.05. The van der Waals surface area contributed by atoms with Gasteiger partial charge in [-0.15, -0.1) is 0 Å². The maximum absolute atomic E-state index is 12.7. The molecule has 0 spiro atoms. The van der Waals surface area contributed by atoms with Crippen LogP contribution in [0.5, 0.6) is 0 Å². The second-order valence-corrected chi connectivity index (χ2v) is 6.45. The van der Waals surface area contributed by atoms with E-state index in [-0.39, 0.29) is 24.9 Å². The number of unbranched alkanes of at least 4 members (excludes halogenated alkanes) is 1. The Morgan fingerprint density at radius 1 is 0.935 bits per heavy atom. The van der Waals surface area contributed by atoms with E-state index in [1.807, 2.05) is 5.32 Å². The van der Waals surface area contributed by atoms with Gasteiger partial charge in [-0.2, -0.15) is 4.39 Å². The summed E-state index contributed by atoms with van der Waals surface area (Å²) in [7, 11) is 0. The Balaban J connectivity index is 2.41. The summed E-state index contributed by atoms with van der Waals surface area (Å²) in [5.41, 5.74) is 0.166. The highest BCUT2D eigenvalue weighted by Crippen LogP contribution is 2.04. The number of nitrogens with one attached hydrogen (secondary N) is 3. The number of carboxylic acid groups (broad SMARTS) is 3. The highest BCUT2D eigenvalue weighted by atomic mass is 19.1. The fourth-order valence-electron chi connectivity index (χ4n) is 2.43. The molecular weight excluding hydrogens is 419 g/mol. The molecule has 0 bridgehead atoms. The van der Waals surface area contributed by atoms with Gasteiger partial charge in [0.1, 0.15) is 12.1 Å². The topological polar surface area (TPSA) is 195 Å². The van der Waals surface area contributed by atoms with Gasteiger partial charge in [0.05, 0.1) is 5.56 Å². The van der Waals surface area contributed by atoms with Crippen LogP contribution in [0.15, 0.2) is 18.3 Å². The van der Waals surface area contributed by atoms with Gasteiger partial charge in [-0.1, -0.05) is 0 Å². The first-order chi connectivity index (χ1) is 14.6. The van der Waals surface area contributed by atoms with E-state index in [2.05, 4.69) is 15.6 Å². The van der Waals surface area contributed by atoms with Gasteiger partial charge in [0.2, 0.25) is 5.95 Å². The van der Waals surface area contributed by atoms with Crippen molar-refractivity contribution < 1.29 is 43.7 Å². The van der Waals surface area contributed by atoms with Crippen molar-refractivity contribution in [3.8, 4) is 0 Å². The third-order valence-electron chi connectivity index (χ3n) is 4.05. The summed E-state index contributed by atoms with van der Waals surface area (Å²) in [6.45, 7) is 0.199. The lowest BCUT2D eigenvalue weighted by Crippen LogP contribution is -2.51. The van der Waals surface area contributed by atoms with E-state index in [0.717, 1.165) is 12.3 Å². The fourth-order valence-corrected chi connectivity index (χ4v) is 2.43. The molecule has 31 heavy (non-hydrogen) atoms. The van der Waals surface area contributed by atoms with Crippen LogP contribution in [0.25, 0.3) is 0 Å². The van der Waals surface area contributed by atoms with Crippen molar-refractivity contribution in [3.63, 3.8) is 0 Å². The van der Waals surface area contributed by atoms with Crippen molar-refractivity contribution in [2.24, 2.45) is 0 Å². The monoisotopic (exact) mass is 442 g/mol. The van der Waals surface area contributed by atoms with Crippen LogP contribution >= 0.6 is 0 Å². The van der Waals surface area contributed by atoms with Crippen molar-refractivity contribution in [2.75, 3.05) is 6.54 Å². The molecule has 1 unspecified atom stereocenters. The lowest BCUT2D eigenvalue weighted by Gasteiger charge is -2.18. The number of pyridine rings is 1. The van der Waals surface area contributed by atoms with Crippen molar-refractivity contribution in [3.05, 3.63) is 29.8 Å². The number of carboxylic acids is 3. The number of hydrogen-bond acceptors (Lipinski definition) is 6. The maximum atomic E-state index is 12.7. The Kier molecular flexibility index (Phi) is 10.4. The summed E-state index contributed by atoms with van der Waals surface area (Å²) < 4.78 is 12.7. The number of amides is 3. The zero-order valence-electron chi connectivity index (χ0n) is 16.3. The highest BCUT2D eigenvalue weighted by Gasteiger charge is 2.24. The van der Waals surface area contributed by atoms with Crippen molar-refractivity contribution in [1.29, 1.82) is 0 Å². The molecule has 1 rings (SSSR count). The van der Waals surface area contributed by atoms with E-state index < -0.39 is 54.3 Å². The van der Waals surface area contributed by atoms with Gasteiger partial charge in [-0.05, 0) is 37.8 Å². The Labute approximate surface area is 175 Å². The van der Waals surface area contributed by atoms with Crippen LogP contribution in [0, 0.1) is 5.95 Å². The van der Waals surface area contributed by atoms with Crippen molar-refractivity contribution in [2.45, 2.75) is 44.2 Å². The first-order valence-corrected chi connectivity index (χ1v) is 9.24. The molecule has 0 aliphatic carbocycles. The van der Waals surface area contributed by atoms with E-state index in [1.165, 1.54) is 6.07 Å². The summed E-state index contributed by atoms with van der Waals surface area (Å²) in [4.78, 5) is 60.0. The molecule has 0 radical (unpaired) electrons. The second kappa shape index (κ2) is 12.7. The van der Waals surface area contributed by atoms with Gasteiger partial charge < -0.3 is 31.3 Å². The zero-order chi connectivity index (χ0) is 23.4. The minimum absolute atomic E-state index is 0.00356. The minimum Gasteiger partial charge on any atom is -0.481 e. The second-order valence-electron chi connectivity index (χ2n) is 6.45. The normalized spacial score (nSPS) is 12.3. The molecule has 3 amide bonds. The number of halogens is 1. The van der Waals surface area contributed by atoms with E-state index >= 15 is 0 Å². The zero-order valence-corrected chi connectivity index (χ0v) is 16.3. The molecule has 12 nitrogen and oxygen atoms in total. The Morgan fingerprint density at radius 3 is 2.06 bits per heavy atom. The van der Waals surface area contributed by atoms with Crippen LogP contribution in [0.2, 0.25) is 0 Å². The molecule has 0 saturated carbocycles. The number of nitrogens with zero attached hydrogens (tertiary/aromatic N) is 1. The number of carbonyl (C=O) groups excluding carboxylic acids is 2. The van der Waals surface area contributed by atoms with Gasteiger partial charge in [0.25, 0.3) is 5.91 Å². The molecule has 1 heterocycles. The van der Waals surface area contributed by atoms with Gasteiger partial charge in [-0.25, -0.2) is 19.4 Å². The molecule has 1 aromatic heterocycles. The minimum atomic E-state index is -1.48. The standard InChI is InChI=1S/C18H23FN4O8/c19-13-6-4-10(9-21-13)15(26)20-8-2-1-3-11(16(27)28)22-18(31)23-12(17(29)30)5-7-14(24)25/h4,6,9,11-12H,1-3,5,7-8H2,(H,20,26)(H,24,25)(H,27,28)(H,29,30)(H2,22,23,31)/t11-,12?/m0/s1. The van der Waals surface area contributed by atoms with E-state index in [0.29, 0.717) is 12.8 Å². The Bertz CT molecular complexity index is 802. The Morgan fingerprint density at radius 2 is 1.55 bits per heavy atom. The molecule has 0 aromatic carbocycles. The molecule has 1 aromatic rings. The van der Waals surface area contributed by atoms with Gasteiger partial charge in [0, 0.05) is 19.2 Å². The smallest absolute Gasteiger partial charge is 0.326 e. The molecule has 2 atom stereocenters. The van der Waals surface area contributed by atoms with Gasteiger partial charge in [-0.3, -0.25) is 9.59 Å². The molecule has 0 aliphatic heterocycles. The van der Waals surface area contributed by atoms with Crippen LogP contribution in [0.1, 0.15) is 42.5 Å². The number of rotatable bonds is 13. The SMILES string of the molecule is O=C(O)CCC(NC(=O)N[C@@H](CCCCNC(=O)c1ccc(F)nc1)C(=O)O)C(=O)O. The summed E-state index contributed by atoms with van der Waals surface area (Å²) in [5.74, 6) is -5.21. The molecular formula is C18H23FN4O8. The molecule has 13 heteroatoms. The Hall–Kier alpha value is -3.77. The van der Waals surface area contributed by atoms with Crippen molar-refractivity contribution >= 4 is 29.8 Å². The summed E-state index contributed by atoms with van der Waals surface area (Å²) in [6.07, 6.45) is 0.918. The fraction of sp³-hybridized carbons (Fsp3) is 0.444. The predicted octanol–water partition coefficient (Wildman–Crippen LogP) is 0.191. The molecule has 170 valence electrons. The predicted molar refractivity (Wildman–Crippen MR) is 102 cm³/mol. The van der Waals surface area contributed by atoms with Crippen LogP contribution in [-0.2, 0) is 14.4 Å². The molecule has 6 N–H and O–H groups in total. The quantitative estimate of drug-likeness (QED) is 0.182. The molecule has 0 fully saturated rings. The number of hydrogen-bond donors (Lipinski definition) is 6.